The lowest BCUT2D eigenvalue weighted by Crippen LogP contribution is -2.13. The summed E-state index contributed by atoms with van der Waals surface area (Å²) in [5.74, 6) is 0.836. The highest BCUT2D eigenvalue weighted by molar-refractivity contribution is 5.36. The Labute approximate surface area is 84.5 Å². The lowest BCUT2D eigenvalue weighted by atomic mass is 9.99. The standard InChI is InChI=1S/C11H17NO2/c1-8-7-9(14-2)3-4-10(8)11(12)5-6-13/h3-4,7,11,13H,5-6,12H2,1-2H3/t11-/m1/s1. The highest BCUT2D eigenvalue weighted by atomic mass is 16.5. The van der Waals surface area contributed by atoms with Crippen LogP contribution in [0.15, 0.2) is 18.2 Å². The maximum Gasteiger partial charge on any atom is 0.119 e. The average molecular weight is 195 g/mol. The van der Waals surface area contributed by atoms with Crippen LogP contribution in [0.3, 0.4) is 0 Å². The van der Waals surface area contributed by atoms with Crippen LogP contribution < -0.4 is 10.5 Å². The number of benzene rings is 1. The lowest BCUT2D eigenvalue weighted by molar-refractivity contribution is 0.276. The van der Waals surface area contributed by atoms with Crippen molar-refractivity contribution in [2.45, 2.75) is 19.4 Å². The second-order valence-electron chi connectivity index (χ2n) is 3.34. The van der Waals surface area contributed by atoms with Gasteiger partial charge in [-0.25, -0.2) is 0 Å². The van der Waals surface area contributed by atoms with Crippen molar-refractivity contribution in [3.05, 3.63) is 29.3 Å². The smallest absolute Gasteiger partial charge is 0.119 e. The number of aryl methyl sites for hydroxylation is 1. The van der Waals surface area contributed by atoms with Gasteiger partial charge in [-0.05, 0) is 36.6 Å². The minimum Gasteiger partial charge on any atom is -0.497 e. The first-order valence-corrected chi connectivity index (χ1v) is 4.70. The molecule has 0 radical (unpaired) electrons. The van der Waals surface area contributed by atoms with Crippen molar-refractivity contribution in [1.82, 2.24) is 0 Å². The van der Waals surface area contributed by atoms with Gasteiger partial charge in [0, 0.05) is 12.6 Å². The van der Waals surface area contributed by atoms with E-state index in [0.717, 1.165) is 16.9 Å². The zero-order valence-corrected chi connectivity index (χ0v) is 8.66. The van der Waals surface area contributed by atoms with Crippen LogP contribution in [0.2, 0.25) is 0 Å². The van der Waals surface area contributed by atoms with Crippen LogP contribution in [0.1, 0.15) is 23.6 Å². The van der Waals surface area contributed by atoms with Gasteiger partial charge >= 0.3 is 0 Å². The van der Waals surface area contributed by atoms with Crippen molar-refractivity contribution in [2.24, 2.45) is 5.73 Å². The number of methoxy groups -OCH3 is 1. The van der Waals surface area contributed by atoms with Gasteiger partial charge in [0.1, 0.15) is 5.75 Å². The number of hydrogen-bond donors (Lipinski definition) is 2. The minimum absolute atomic E-state index is 0.0918. The van der Waals surface area contributed by atoms with E-state index in [1.807, 2.05) is 25.1 Å². The zero-order valence-electron chi connectivity index (χ0n) is 8.66. The average Bonchev–Trinajstić information content (AvgIpc) is 2.17. The SMILES string of the molecule is COc1ccc([C@H](N)CCO)c(C)c1. The summed E-state index contributed by atoms with van der Waals surface area (Å²) in [5, 5.41) is 8.78. The number of ether oxygens (including phenoxy) is 1. The maximum atomic E-state index is 8.78. The monoisotopic (exact) mass is 195 g/mol. The molecule has 0 saturated heterocycles. The van der Waals surface area contributed by atoms with Gasteiger partial charge < -0.3 is 15.6 Å². The highest BCUT2D eigenvalue weighted by Gasteiger charge is 2.08. The topological polar surface area (TPSA) is 55.5 Å². The number of nitrogens with two attached hydrogens (primary N) is 1. The van der Waals surface area contributed by atoms with Gasteiger partial charge in [-0.3, -0.25) is 0 Å². The van der Waals surface area contributed by atoms with Crippen LogP contribution >= 0.6 is 0 Å². The molecule has 14 heavy (non-hydrogen) atoms. The molecule has 3 nitrogen and oxygen atoms in total. The summed E-state index contributed by atoms with van der Waals surface area (Å²) in [4.78, 5) is 0. The molecule has 0 bridgehead atoms. The predicted molar refractivity (Wildman–Crippen MR) is 56.4 cm³/mol. The van der Waals surface area contributed by atoms with Crippen molar-refractivity contribution in [3.63, 3.8) is 0 Å². The molecule has 0 aromatic heterocycles. The summed E-state index contributed by atoms with van der Waals surface area (Å²) in [7, 11) is 1.64. The van der Waals surface area contributed by atoms with E-state index >= 15 is 0 Å². The molecule has 1 aromatic rings. The van der Waals surface area contributed by atoms with Crippen LogP contribution in [0.25, 0.3) is 0 Å². The van der Waals surface area contributed by atoms with Crippen molar-refractivity contribution in [1.29, 1.82) is 0 Å². The van der Waals surface area contributed by atoms with E-state index < -0.39 is 0 Å². The number of hydrogen-bond acceptors (Lipinski definition) is 3. The lowest BCUT2D eigenvalue weighted by Gasteiger charge is -2.14. The molecule has 3 N–H and O–H groups in total. The number of aliphatic hydroxyl groups excluding tert-OH is 1. The van der Waals surface area contributed by atoms with Gasteiger partial charge in [-0.15, -0.1) is 0 Å². The Morgan fingerprint density at radius 2 is 2.21 bits per heavy atom. The molecule has 0 aliphatic rings. The molecular weight excluding hydrogens is 178 g/mol. The fraction of sp³-hybridized carbons (Fsp3) is 0.455. The third kappa shape index (κ3) is 2.47. The molecule has 1 atom stereocenters. The maximum absolute atomic E-state index is 8.78. The van der Waals surface area contributed by atoms with Crippen LogP contribution in [0, 0.1) is 6.92 Å². The molecule has 0 spiro atoms. The Morgan fingerprint density at radius 3 is 2.71 bits per heavy atom. The summed E-state index contributed by atoms with van der Waals surface area (Å²) in [6, 6.07) is 5.70. The van der Waals surface area contributed by atoms with E-state index in [0.29, 0.717) is 6.42 Å². The molecule has 0 heterocycles. The first-order chi connectivity index (χ1) is 6.69. The van der Waals surface area contributed by atoms with Crippen LogP contribution in [-0.2, 0) is 0 Å². The summed E-state index contributed by atoms with van der Waals surface area (Å²) < 4.78 is 5.10. The Bertz CT molecular complexity index is 299. The third-order valence-electron chi connectivity index (χ3n) is 2.32. The van der Waals surface area contributed by atoms with Crippen LogP contribution in [-0.4, -0.2) is 18.8 Å². The summed E-state index contributed by atoms with van der Waals surface area (Å²) in [6.07, 6.45) is 0.590. The first kappa shape index (κ1) is 11.0. The van der Waals surface area contributed by atoms with E-state index in [1.54, 1.807) is 7.11 Å². The quantitative estimate of drug-likeness (QED) is 0.763. The fourth-order valence-corrected chi connectivity index (χ4v) is 1.49. The number of aliphatic hydroxyl groups is 1. The molecule has 3 heteroatoms. The highest BCUT2D eigenvalue weighted by Crippen LogP contribution is 2.22. The van der Waals surface area contributed by atoms with E-state index in [1.165, 1.54) is 0 Å². The second kappa shape index (κ2) is 4.98. The fourth-order valence-electron chi connectivity index (χ4n) is 1.49. The van der Waals surface area contributed by atoms with Crippen molar-refractivity contribution in [2.75, 3.05) is 13.7 Å². The van der Waals surface area contributed by atoms with Gasteiger partial charge in [-0.2, -0.15) is 0 Å². The molecule has 1 rings (SSSR count). The third-order valence-corrected chi connectivity index (χ3v) is 2.32. The van der Waals surface area contributed by atoms with Gasteiger partial charge in [0.15, 0.2) is 0 Å². The zero-order chi connectivity index (χ0) is 10.6. The largest absolute Gasteiger partial charge is 0.497 e. The summed E-state index contributed by atoms with van der Waals surface area (Å²) in [5.41, 5.74) is 8.07. The molecule has 78 valence electrons. The summed E-state index contributed by atoms with van der Waals surface area (Å²) >= 11 is 0. The van der Waals surface area contributed by atoms with Crippen molar-refractivity contribution >= 4 is 0 Å². The molecule has 0 fully saturated rings. The van der Waals surface area contributed by atoms with Crippen molar-refractivity contribution in [3.8, 4) is 5.75 Å². The molecule has 0 aliphatic heterocycles. The first-order valence-electron chi connectivity index (χ1n) is 4.70. The van der Waals surface area contributed by atoms with Gasteiger partial charge in [0.05, 0.1) is 7.11 Å². The Hall–Kier alpha value is -1.06. The minimum atomic E-state index is -0.0918. The van der Waals surface area contributed by atoms with Gasteiger partial charge in [-0.1, -0.05) is 6.07 Å². The Morgan fingerprint density at radius 1 is 1.50 bits per heavy atom. The van der Waals surface area contributed by atoms with E-state index in [4.69, 9.17) is 15.6 Å². The van der Waals surface area contributed by atoms with Crippen LogP contribution in [0.5, 0.6) is 5.75 Å². The molecular formula is C11H17NO2. The molecule has 1 aromatic carbocycles. The number of rotatable bonds is 4. The molecule has 0 amide bonds. The Kier molecular flexibility index (Phi) is 3.92. The van der Waals surface area contributed by atoms with Crippen molar-refractivity contribution < 1.29 is 9.84 Å². The molecule has 0 aliphatic carbocycles. The summed E-state index contributed by atoms with van der Waals surface area (Å²) in [6.45, 7) is 2.11. The van der Waals surface area contributed by atoms with Gasteiger partial charge in [0.2, 0.25) is 0 Å². The van der Waals surface area contributed by atoms with E-state index in [9.17, 15) is 0 Å². The van der Waals surface area contributed by atoms with E-state index in [-0.39, 0.29) is 12.6 Å². The second-order valence-corrected chi connectivity index (χ2v) is 3.34. The Balaban J connectivity index is 2.88. The predicted octanol–water partition coefficient (Wildman–Crippen LogP) is 1.39. The van der Waals surface area contributed by atoms with Crippen LogP contribution in [0.4, 0.5) is 0 Å². The molecule has 0 unspecified atom stereocenters. The molecule has 0 saturated carbocycles. The normalized spacial score (nSPS) is 12.6. The van der Waals surface area contributed by atoms with Gasteiger partial charge in [0.25, 0.3) is 0 Å². The van der Waals surface area contributed by atoms with E-state index in [2.05, 4.69) is 0 Å².